The number of hydrogen-bond acceptors (Lipinski definition) is 6. The maximum atomic E-state index is 12.1. The van der Waals surface area contributed by atoms with E-state index in [1.165, 1.54) is 11.3 Å². The molecule has 0 radical (unpaired) electrons. The minimum Gasteiger partial charge on any atom is -0.361 e. The highest BCUT2D eigenvalue weighted by molar-refractivity contribution is 7.14. The van der Waals surface area contributed by atoms with Gasteiger partial charge in [0, 0.05) is 11.1 Å². The maximum absolute atomic E-state index is 12.1. The van der Waals surface area contributed by atoms with E-state index in [1.54, 1.807) is 13.8 Å². The number of carbonyl (C=O) groups excluding carboxylic acids is 1. The van der Waals surface area contributed by atoms with Crippen LogP contribution in [0.3, 0.4) is 0 Å². The van der Waals surface area contributed by atoms with Crippen LogP contribution in [-0.2, 0) is 6.54 Å². The first-order valence-corrected chi connectivity index (χ1v) is 7.55. The summed E-state index contributed by atoms with van der Waals surface area (Å²) in [7, 11) is 0. The quantitative estimate of drug-likeness (QED) is 0.801. The zero-order chi connectivity index (χ0) is 15.5. The van der Waals surface area contributed by atoms with Crippen LogP contribution < -0.4 is 5.32 Å². The molecule has 2 heterocycles. The molecule has 1 N–H and O–H groups in total. The van der Waals surface area contributed by atoms with Crippen LogP contribution >= 0.6 is 11.3 Å². The van der Waals surface area contributed by atoms with Gasteiger partial charge in [-0.15, -0.1) is 10.2 Å². The third kappa shape index (κ3) is 2.89. The molecule has 2 aromatic heterocycles. The Labute approximate surface area is 131 Å². The van der Waals surface area contributed by atoms with Crippen molar-refractivity contribution in [2.75, 3.05) is 0 Å². The third-order valence-electron chi connectivity index (χ3n) is 3.26. The average molecular weight is 314 g/mol. The van der Waals surface area contributed by atoms with Crippen molar-refractivity contribution in [3.8, 4) is 10.6 Å². The lowest BCUT2D eigenvalue weighted by molar-refractivity contribution is 0.0941. The Morgan fingerprint density at radius 2 is 2.00 bits per heavy atom. The molecular formula is C15H14N4O2S. The molecule has 22 heavy (non-hydrogen) atoms. The molecule has 0 saturated carbocycles. The smallest absolute Gasteiger partial charge is 0.274 e. The van der Waals surface area contributed by atoms with Gasteiger partial charge in [0.25, 0.3) is 5.91 Å². The zero-order valence-corrected chi connectivity index (χ0v) is 13.0. The van der Waals surface area contributed by atoms with Crippen LogP contribution in [0.2, 0.25) is 0 Å². The zero-order valence-electron chi connectivity index (χ0n) is 12.2. The Morgan fingerprint density at radius 3 is 2.68 bits per heavy atom. The molecule has 0 spiro atoms. The first kappa shape index (κ1) is 14.4. The van der Waals surface area contributed by atoms with E-state index in [1.807, 2.05) is 30.3 Å². The van der Waals surface area contributed by atoms with Crippen LogP contribution in [0, 0.1) is 13.8 Å². The van der Waals surface area contributed by atoms with E-state index in [0.717, 1.165) is 21.1 Å². The molecule has 3 rings (SSSR count). The molecule has 3 aromatic rings. The number of carbonyl (C=O) groups is 1. The topological polar surface area (TPSA) is 80.9 Å². The molecular weight excluding hydrogens is 300 g/mol. The summed E-state index contributed by atoms with van der Waals surface area (Å²) in [5.41, 5.74) is 2.07. The lowest BCUT2D eigenvalue weighted by atomic mass is 10.2. The van der Waals surface area contributed by atoms with Crippen LogP contribution in [0.5, 0.6) is 0 Å². The van der Waals surface area contributed by atoms with Gasteiger partial charge in [-0.05, 0) is 13.8 Å². The van der Waals surface area contributed by atoms with Crippen LogP contribution in [0.15, 0.2) is 34.9 Å². The largest absolute Gasteiger partial charge is 0.361 e. The minimum atomic E-state index is -0.272. The highest BCUT2D eigenvalue weighted by atomic mass is 32.1. The van der Waals surface area contributed by atoms with Crippen molar-refractivity contribution < 1.29 is 9.32 Å². The lowest BCUT2D eigenvalue weighted by Crippen LogP contribution is -2.23. The summed E-state index contributed by atoms with van der Waals surface area (Å²) in [6, 6.07) is 9.81. The van der Waals surface area contributed by atoms with Gasteiger partial charge in [0.2, 0.25) is 0 Å². The molecule has 112 valence electrons. The normalized spacial score (nSPS) is 10.6. The molecule has 0 unspecified atom stereocenters. The van der Waals surface area contributed by atoms with Crippen molar-refractivity contribution >= 4 is 17.2 Å². The Balaban J connectivity index is 1.66. The van der Waals surface area contributed by atoms with Crippen molar-refractivity contribution in [1.29, 1.82) is 0 Å². The van der Waals surface area contributed by atoms with Gasteiger partial charge in [-0.25, -0.2) is 0 Å². The Hall–Kier alpha value is -2.54. The van der Waals surface area contributed by atoms with Crippen LogP contribution in [0.4, 0.5) is 0 Å². The summed E-state index contributed by atoms with van der Waals surface area (Å²) in [6.07, 6.45) is 0. The van der Waals surface area contributed by atoms with E-state index in [0.29, 0.717) is 18.0 Å². The molecule has 0 aliphatic heterocycles. The molecule has 1 amide bonds. The van der Waals surface area contributed by atoms with Gasteiger partial charge < -0.3 is 9.84 Å². The van der Waals surface area contributed by atoms with Gasteiger partial charge >= 0.3 is 0 Å². The summed E-state index contributed by atoms with van der Waals surface area (Å²) in [5, 5.41) is 16.4. The van der Waals surface area contributed by atoms with Gasteiger partial charge in [0.15, 0.2) is 5.69 Å². The summed E-state index contributed by atoms with van der Waals surface area (Å²) >= 11 is 1.45. The number of nitrogens with one attached hydrogen (secondary N) is 1. The Morgan fingerprint density at radius 1 is 1.23 bits per heavy atom. The van der Waals surface area contributed by atoms with Gasteiger partial charge in [-0.3, -0.25) is 4.79 Å². The maximum Gasteiger partial charge on any atom is 0.274 e. The van der Waals surface area contributed by atoms with Crippen molar-refractivity contribution in [2.24, 2.45) is 0 Å². The second-order valence-electron chi connectivity index (χ2n) is 4.76. The van der Waals surface area contributed by atoms with E-state index < -0.39 is 0 Å². The number of rotatable bonds is 4. The second-order valence-corrected chi connectivity index (χ2v) is 5.82. The van der Waals surface area contributed by atoms with Crippen LogP contribution in [-0.4, -0.2) is 21.3 Å². The summed E-state index contributed by atoms with van der Waals surface area (Å²) < 4.78 is 4.99. The lowest BCUT2D eigenvalue weighted by Gasteiger charge is -1.99. The molecule has 0 atom stereocenters. The van der Waals surface area contributed by atoms with Crippen molar-refractivity contribution in [1.82, 2.24) is 20.7 Å². The highest BCUT2D eigenvalue weighted by Crippen LogP contribution is 2.22. The second kappa shape index (κ2) is 6.07. The number of amides is 1. The van der Waals surface area contributed by atoms with Gasteiger partial charge in [0.05, 0.1) is 6.54 Å². The van der Waals surface area contributed by atoms with Crippen molar-refractivity contribution in [3.63, 3.8) is 0 Å². The van der Waals surface area contributed by atoms with Crippen molar-refractivity contribution in [2.45, 2.75) is 20.4 Å². The Bertz CT molecular complexity index is 795. The highest BCUT2D eigenvalue weighted by Gasteiger charge is 2.16. The third-order valence-corrected chi connectivity index (χ3v) is 4.23. The predicted molar refractivity (Wildman–Crippen MR) is 82.5 cm³/mol. The number of hydrogen-bond donors (Lipinski definition) is 1. The number of benzene rings is 1. The molecule has 1 aromatic carbocycles. The number of nitrogens with zero attached hydrogens (tertiary/aromatic N) is 3. The molecule has 0 aliphatic rings. The summed E-state index contributed by atoms with van der Waals surface area (Å²) in [5.74, 6) is 0.373. The minimum absolute atomic E-state index is 0.272. The van der Waals surface area contributed by atoms with Crippen LogP contribution in [0.1, 0.15) is 26.8 Å². The van der Waals surface area contributed by atoms with Crippen molar-refractivity contribution in [3.05, 3.63) is 52.4 Å². The fourth-order valence-corrected chi connectivity index (χ4v) is 2.68. The number of aryl methyl sites for hydroxylation is 1. The summed E-state index contributed by atoms with van der Waals surface area (Å²) in [6.45, 7) is 3.89. The van der Waals surface area contributed by atoms with E-state index >= 15 is 0 Å². The molecule has 0 bridgehead atoms. The average Bonchev–Trinajstić information content (AvgIpc) is 3.14. The van der Waals surface area contributed by atoms with E-state index in [2.05, 4.69) is 20.7 Å². The van der Waals surface area contributed by atoms with Gasteiger partial charge in [-0.2, -0.15) is 0 Å². The monoisotopic (exact) mass is 314 g/mol. The fraction of sp³-hybridized carbons (Fsp3) is 0.200. The molecule has 0 aliphatic carbocycles. The summed E-state index contributed by atoms with van der Waals surface area (Å²) in [4.78, 5) is 12.1. The van der Waals surface area contributed by atoms with Crippen LogP contribution in [0.25, 0.3) is 10.6 Å². The standard InChI is InChI=1S/C15H14N4O2S/c1-9-10(2)21-19-13(9)14(20)16-8-12-17-18-15(22-12)11-6-4-3-5-7-11/h3-7H,8H2,1-2H3,(H,16,20). The molecule has 0 fully saturated rings. The molecule has 0 saturated heterocycles. The van der Waals surface area contributed by atoms with Gasteiger partial charge in [0.1, 0.15) is 15.8 Å². The van der Waals surface area contributed by atoms with E-state index in [4.69, 9.17) is 4.52 Å². The first-order chi connectivity index (χ1) is 10.6. The molecule has 6 nitrogen and oxygen atoms in total. The SMILES string of the molecule is Cc1onc(C(=O)NCc2nnc(-c3ccccc3)s2)c1C. The predicted octanol–water partition coefficient (Wildman–Crippen LogP) is 2.74. The van der Waals surface area contributed by atoms with E-state index in [9.17, 15) is 4.79 Å². The fourth-order valence-electron chi connectivity index (χ4n) is 1.89. The van der Waals surface area contributed by atoms with E-state index in [-0.39, 0.29) is 5.91 Å². The first-order valence-electron chi connectivity index (χ1n) is 6.74. The number of aromatic nitrogens is 3. The molecule has 7 heteroatoms. The van der Waals surface area contributed by atoms with Gasteiger partial charge in [-0.1, -0.05) is 46.8 Å². The Kier molecular flexibility index (Phi) is 3.97.